The van der Waals surface area contributed by atoms with Gasteiger partial charge in [-0.05, 0) is 29.8 Å². The van der Waals surface area contributed by atoms with E-state index in [0.717, 1.165) is 32.4 Å². The van der Waals surface area contributed by atoms with E-state index in [2.05, 4.69) is 9.97 Å². The first-order chi connectivity index (χ1) is 14.7. The second kappa shape index (κ2) is 7.61. The van der Waals surface area contributed by atoms with Gasteiger partial charge in [0.2, 0.25) is 0 Å². The van der Waals surface area contributed by atoms with Gasteiger partial charge in [0.25, 0.3) is 5.91 Å². The predicted octanol–water partition coefficient (Wildman–Crippen LogP) is 5.03. The van der Waals surface area contributed by atoms with Crippen LogP contribution in [0.4, 0.5) is 5.13 Å². The molecule has 5 aromatic rings. The van der Waals surface area contributed by atoms with E-state index in [1.165, 1.54) is 11.3 Å². The number of amides is 1. The number of benzene rings is 2. The number of pyridine rings is 1. The minimum Gasteiger partial charge on any atom is -0.497 e. The molecule has 3 heterocycles. The third-order valence-electron chi connectivity index (χ3n) is 4.94. The lowest BCUT2D eigenvalue weighted by Crippen LogP contribution is -2.30. The average molecular weight is 414 g/mol. The molecule has 0 aliphatic rings. The van der Waals surface area contributed by atoms with Gasteiger partial charge in [-0.15, -0.1) is 0 Å². The average Bonchev–Trinajstić information content (AvgIpc) is 3.41. The SMILES string of the molecule is COc1ccc2sc(N(Cc3cccnc3)C(=O)c3c[nH]c4ccccc34)nc2c1. The standard InChI is InChI=1S/C23H18N4O2S/c1-29-16-8-9-21-20(11-16)26-23(30-21)27(14-15-5-4-10-24-12-15)22(28)18-13-25-19-7-3-2-6-17(18)19/h2-13,25H,14H2,1H3. The van der Waals surface area contributed by atoms with Crippen molar-refractivity contribution in [2.24, 2.45) is 0 Å². The highest BCUT2D eigenvalue weighted by atomic mass is 32.1. The van der Waals surface area contributed by atoms with Crippen molar-refractivity contribution in [3.05, 3.63) is 84.3 Å². The number of carbonyl (C=O) groups excluding carboxylic acids is 1. The molecule has 0 spiro atoms. The Labute approximate surface area is 176 Å². The van der Waals surface area contributed by atoms with Crippen molar-refractivity contribution in [2.75, 3.05) is 12.0 Å². The van der Waals surface area contributed by atoms with Crippen LogP contribution in [0.5, 0.6) is 5.75 Å². The number of carbonyl (C=O) groups is 1. The fourth-order valence-corrected chi connectivity index (χ4v) is 4.38. The highest BCUT2D eigenvalue weighted by Crippen LogP contribution is 2.33. The van der Waals surface area contributed by atoms with Crippen molar-refractivity contribution < 1.29 is 9.53 Å². The van der Waals surface area contributed by atoms with Gasteiger partial charge in [0.1, 0.15) is 5.75 Å². The normalized spacial score (nSPS) is 11.1. The summed E-state index contributed by atoms with van der Waals surface area (Å²) in [6.45, 7) is 0.378. The molecule has 0 bridgehead atoms. The molecule has 7 heteroatoms. The molecule has 0 atom stereocenters. The predicted molar refractivity (Wildman–Crippen MR) is 119 cm³/mol. The highest BCUT2D eigenvalue weighted by Gasteiger charge is 2.24. The summed E-state index contributed by atoms with van der Waals surface area (Å²) in [5.41, 5.74) is 3.28. The Hall–Kier alpha value is -3.71. The van der Waals surface area contributed by atoms with Crippen LogP contribution in [0.15, 0.2) is 73.2 Å². The summed E-state index contributed by atoms with van der Waals surface area (Å²) in [6, 6.07) is 17.4. The number of rotatable bonds is 5. The monoisotopic (exact) mass is 414 g/mol. The van der Waals surface area contributed by atoms with Gasteiger partial charge in [0.15, 0.2) is 5.13 Å². The number of nitrogens with zero attached hydrogens (tertiary/aromatic N) is 3. The van der Waals surface area contributed by atoms with Crippen molar-refractivity contribution in [1.29, 1.82) is 0 Å². The van der Waals surface area contributed by atoms with Gasteiger partial charge in [-0.25, -0.2) is 4.98 Å². The molecule has 0 unspecified atom stereocenters. The van der Waals surface area contributed by atoms with Gasteiger partial charge in [0.05, 0.1) is 29.4 Å². The lowest BCUT2D eigenvalue weighted by molar-refractivity contribution is 0.0986. The summed E-state index contributed by atoms with van der Waals surface area (Å²) >= 11 is 1.48. The van der Waals surface area contributed by atoms with Crippen molar-refractivity contribution in [3.63, 3.8) is 0 Å². The van der Waals surface area contributed by atoms with Crippen LogP contribution >= 0.6 is 11.3 Å². The van der Waals surface area contributed by atoms with E-state index in [9.17, 15) is 4.79 Å². The van der Waals surface area contributed by atoms with Gasteiger partial charge >= 0.3 is 0 Å². The number of para-hydroxylation sites is 1. The zero-order valence-electron chi connectivity index (χ0n) is 16.2. The minimum absolute atomic E-state index is 0.109. The zero-order chi connectivity index (χ0) is 20.5. The maximum Gasteiger partial charge on any atom is 0.262 e. The maximum absolute atomic E-state index is 13.7. The number of nitrogens with one attached hydrogen (secondary N) is 1. The number of hydrogen-bond donors (Lipinski definition) is 1. The van der Waals surface area contributed by atoms with Gasteiger partial charge in [0, 0.05) is 35.6 Å². The van der Waals surface area contributed by atoms with Crippen LogP contribution in [0.2, 0.25) is 0 Å². The molecule has 0 aliphatic heterocycles. The van der Waals surface area contributed by atoms with Crippen LogP contribution in [-0.4, -0.2) is 28.0 Å². The van der Waals surface area contributed by atoms with Crippen LogP contribution in [0.25, 0.3) is 21.1 Å². The molecule has 3 aromatic heterocycles. The Morgan fingerprint density at radius 1 is 1.17 bits per heavy atom. The number of fused-ring (bicyclic) bond motifs is 2. The molecule has 2 aromatic carbocycles. The van der Waals surface area contributed by atoms with E-state index in [-0.39, 0.29) is 5.91 Å². The Balaban J connectivity index is 1.60. The summed E-state index contributed by atoms with van der Waals surface area (Å²) in [4.78, 5) is 27.5. The van der Waals surface area contributed by atoms with Gasteiger partial charge in [-0.2, -0.15) is 0 Å². The van der Waals surface area contributed by atoms with Crippen molar-refractivity contribution in [1.82, 2.24) is 15.0 Å². The Kier molecular flexibility index (Phi) is 4.65. The molecule has 0 fully saturated rings. The first-order valence-corrected chi connectivity index (χ1v) is 10.3. The first-order valence-electron chi connectivity index (χ1n) is 9.44. The molecule has 148 valence electrons. The third-order valence-corrected chi connectivity index (χ3v) is 6.00. The first kappa shape index (κ1) is 18.3. The smallest absolute Gasteiger partial charge is 0.262 e. The van der Waals surface area contributed by atoms with E-state index in [1.807, 2.05) is 54.6 Å². The molecule has 1 amide bonds. The van der Waals surface area contributed by atoms with Gasteiger partial charge in [-0.3, -0.25) is 14.7 Å². The molecule has 0 saturated heterocycles. The highest BCUT2D eigenvalue weighted by molar-refractivity contribution is 7.22. The summed E-state index contributed by atoms with van der Waals surface area (Å²) in [5.74, 6) is 0.628. The van der Waals surface area contributed by atoms with E-state index in [0.29, 0.717) is 17.2 Å². The molecule has 1 N–H and O–H groups in total. The summed E-state index contributed by atoms with van der Waals surface area (Å²) in [5, 5.41) is 1.53. The van der Waals surface area contributed by atoms with Crippen molar-refractivity contribution in [3.8, 4) is 5.75 Å². The van der Waals surface area contributed by atoms with Crippen molar-refractivity contribution >= 4 is 43.5 Å². The van der Waals surface area contributed by atoms with Crippen LogP contribution in [0.1, 0.15) is 15.9 Å². The lowest BCUT2D eigenvalue weighted by Gasteiger charge is -2.19. The number of hydrogen-bond acceptors (Lipinski definition) is 5. The minimum atomic E-state index is -0.109. The number of aromatic nitrogens is 3. The summed E-state index contributed by atoms with van der Waals surface area (Å²) in [6.07, 6.45) is 5.25. The number of ether oxygens (including phenoxy) is 1. The van der Waals surface area contributed by atoms with E-state index in [1.54, 1.807) is 30.6 Å². The second-order valence-electron chi connectivity index (χ2n) is 6.83. The van der Waals surface area contributed by atoms with Crippen molar-refractivity contribution in [2.45, 2.75) is 6.54 Å². The zero-order valence-corrected chi connectivity index (χ0v) is 17.0. The quantitative estimate of drug-likeness (QED) is 0.438. The summed E-state index contributed by atoms with van der Waals surface area (Å²) in [7, 11) is 1.63. The van der Waals surface area contributed by atoms with Gasteiger partial charge in [-0.1, -0.05) is 35.6 Å². The molecule has 30 heavy (non-hydrogen) atoms. The van der Waals surface area contributed by atoms with Crippen LogP contribution in [-0.2, 0) is 6.54 Å². The van der Waals surface area contributed by atoms with Crippen LogP contribution in [0, 0.1) is 0 Å². The van der Waals surface area contributed by atoms with E-state index in [4.69, 9.17) is 9.72 Å². The Morgan fingerprint density at radius 3 is 2.90 bits per heavy atom. The number of anilines is 1. The number of H-pyrrole nitrogens is 1. The molecule has 0 aliphatic carbocycles. The molecule has 0 saturated carbocycles. The summed E-state index contributed by atoms with van der Waals surface area (Å²) < 4.78 is 6.31. The fourth-order valence-electron chi connectivity index (χ4n) is 3.43. The second-order valence-corrected chi connectivity index (χ2v) is 7.84. The largest absolute Gasteiger partial charge is 0.497 e. The third kappa shape index (κ3) is 3.29. The van der Waals surface area contributed by atoms with E-state index >= 15 is 0 Å². The molecule has 0 radical (unpaired) electrons. The van der Waals surface area contributed by atoms with Crippen LogP contribution < -0.4 is 9.64 Å². The molecular weight excluding hydrogens is 396 g/mol. The van der Waals surface area contributed by atoms with Crippen LogP contribution in [0.3, 0.4) is 0 Å². The van der Waals surface area contributed by atoms with E-state index < -0.39 is 0 Å². The molecule has 5 rings (SSSR count). The number of aromatic amines is 1. The Bertz CT molecular complexity index is 1340. The topological polar surface area (TPSA) is 71.1 Å². The Morgan fingerprint density at radius 2 is 2.07 bits per heavy atom. The number of thiazole rings is 1. The molecule has 6 nitrogen and oxygen atoms in total. The van der Waals surface area contributed by atoms with Gasteiger partial charge < -0.3 is 9.72 Å². The maximum atomic E-state index is 13.7. The lowest BCUT2D eigenvalue weighted by atomic mass is 10.1. The molecular formula is C23H18N4O2S. The number of methoxy groups -OCH3 is 1. The fraction of sp³-hybridized carbons (Fsp3) is 0.0870.